The maximum Gasteiger partial charge on any atom is 0.166 e. The predicted octanol–water partition coefficient (Wildman–Crippen LogP) is 2.06. The van der Waals surface area contributed by atoms with Gasteiger partial charge in [0.25, 0.3) is 0 Å². The normalized spacial score (nSPS) is 12.3. The van der Waals surface area contributed by atoms with Crippen LogP contribution in [0.25, 0.3) is 0 Å². The van der Waals surface area contributed by atoms with E-state index in [-0.39, 0.29) is 6.42 Å². The van der Waals surface area contributed by atoms with Crippen LogP contribution in [0.1, 0.15) is 18.2 Å². The minimum atomic E-state index is -1.11. The van der Waals surface area contributed by atoms with Crippen molar-refractivity contribution in [2.75, 3.05) is 20.8 Å². The summed E-state index contributed by atoms with van der Waals surface area (Å²) >= 11 is 0. The van der Waals surface area contributed by atoms with Crippen LogP contribution in [0.2, 0.25) is 0 Å². The summed E-state index contributed by atoms with van der Waals surface area (Å²) in [5.74, 6) is 0.982. The Morgan fingerprint density at radius 2 is 2.07 bits per heavy atom. The lowest BCUT2D eigenvalue weighted by Gasteiger charge is -2.14. The Morgan fingerprint density at radius 3 is 2.60 bits per heavy atom. The summed E-state index contributed by atoms with van der Waals surface area (Å²) < 4.78 is 23.9. The summed E-state index contributed by atoms with van der Waals surface area (Å²) in [6.45, 7) is 0.307. The van der Waals surface area contributed by atoms with Crippen molar-refractivity contribution in [1.82, 2.24) is 0 Å². The van der Waals surface area contributed by atoms with Crippen molar-refractivity contribution in [3.8, 4) is 11.5 Å². The number of para-hydroxylation sites is 1. The van der Waals surface area contributed by atoms with Crippen LogP contribution in [-0.2, 0) is 0 Å². The van der Waals surface area contributed by atoms with Gasteiger partial charge in [0, 0.05) is 5.56 Å². The maximum absolute atomic E-state index is 13.7. The number of hydrogen-bond donors (Lipinski definition) is 1. The van der Waals surface area contributed by atoms with Gasteiger partial charge in [0.2, 0.25) is 0 Å². The lowest BCUT2D eigenvalue weighted by Crippen LogP contribution is -2.05. The second kappa shape index (κ2) is 5.56. The van der Waals surface area contributed by atoms with E-state index in [1.165, 1.54) is 14.2 Å². The average Bonchev–Trinajstić information content (AvgIpc) is 2.28. The topological polar surface area (TPSA) is 44.5 Å². The first-order valence-corrected chi connectivity index (χ1v) is 4.79. The number of nitrogens with two attached hydrogens (primary N) is 1. The fraction of sp³-hybridized carbons (Fsp3) is 0.455. The van der Waals surface area contributed by atoms with Crippen LogP contribution in [-0.4, -0.2) is 20.8 Å². The maximum atomic E-state index is 13.7. The number of benzene rings is 1. The fourth-order valence-corrected chi connectivity index (χ4v) is 1.46. The highest BCUT2D eigenvalue weighted by Gasteiger charge is 2.17. The fourth-order valence-electron chi connectivity index (χ4n) is 1.46. The van der Waals surface area contributed by atoms with E-state index in [1.807, 2.05) is 0 Å². The number of ether oxygens (including phenoxy) is 2. The third-order valence-electron chi connectivity index (χ3n) is 2.19. The van der Waals surface area contributed by atoms with Gasteiger partial charge >= 0.3 is 0 Å². The Bertz CT molecular complexity index is 317. The van der Waals surface area contributed by atoms with Gasteiger partial charge in [0.05, 0.1) is 14.2 Å². The van der Waals surface area contributed by atoms with E-state index >= 15 is 0 Å². The zero-order chi connectivity index (χ0) is 11.3. The lowest BCUT2D eigenvalue weighted by molar-refractivity contribution is 0.300. The first kappa shape index (κ1) is 11.8. The number of alkyl halides is 1. The van der Waals surface area contributed by atoms with Crippen LogP contribution in [0.4, 0.5) is 4.39 Å². The van der Waals surface area contributed by atoms with Gasteiger partial charge in [-0.05, 0) is 19.0 Å². The molecular weight excluding hydrogens is 197 g/mol. The molecule has 0 aliphatic heterocycles. The molecule has 0 aliphatic carbocycles. The molecule has 4 heteroatoms. The lowest BCUT2D eigenvalue weighted by atomic mass is 10.1. The Hall–Kier alpha value is -1.29. The molecule has 0 saturated carbocycles. The first-order valence-electron chi connectivity index (χ1n) is 4.79. The van der Waals surface area contributed by atoms with Crippen LogP contribution in [0.5, 0.6) is 11.5 Å². The highest BCUT2D eigenvalue weighted by Crippen LogP contribution is 2.36. The van der Waals surface area contributed by atoms with E-state index in [1.54, 1.807) is 18.2 Å². The SMILES string of the molecule is COc1cccc(C(F)CCN)c1OC. The zero-order valence-corrected chi connectivity index (χ0v) is 9.00. The Labute approximate surface area is 89.0 Å². The largest absolute Gasteiger partial charge is 0.493 e. The molecule has 0 amide bonds. The second-order valence-electron chi connectivity index (χ2n) is 3.13. The van der Waals surface area contributed by atoms with Crippen LogP contribution < -0.4 is 15.2 Å². The molecule has 0 heterocycles. The van der Waals surface area contributed by atoms with Crippen molar-refractivity contribution in [3.05, 3.63) is 23.8 Å². The molecular formula is C11H16FNO2. The van der Waals surface area contributed by atoms with Gasteiger partial charge in [-0.3, -0.25) is 0 Å². The summed E-state index contributed by atoms with van der Waals surface area (Å²) in [5, 5.41) is 0. The molecule has 0 radical (unpaired) electrons. The molecule has 2 N–H and O–H groups in total. The van der Waals surface area contributed by atoms with Crippen LogP contribution in [0, 0.1) is 0 Å². The highest BCUT2D eigenvalue weighted by molar-refractivity contribution is 5.47. The van der Waals surface area contributed by atoms with Gasteiger partial charge in [-0.1, -0.05) is 12.1 Å². The number of methoxy groups -OCH3 is 2. The second-order valence-corrected chi connectivity index (χ2v) is 3.13. The number of hydrogen-bond acceptors (Lipinski definition) is 3. The summed E-state index contributed by atoms with van der Waals surface area (Å²) in [6, 6.07) is 5.15. The minimum absolute atomic E-state index is 0.281. The molecule has 84 valence electrons. The molecule has 1 rings (SSSR count). The standard InChI is InChI=1S/C11H16FNO2/c1-14-10-5-3-4-8(11(10)15-2)9(12)6-7-13/h3-5,9H,6-7,13H2,1-2H3. The molecule has 1 aromatic carbocycles. The Morgan fingerprint density at radius 1 is 1.33 bits per heavy atom. The van der Waals surface area contributed by atoms with Crippen LogP contribution >= 0.6 is 0 Å². The van der Waals surface area contributed by atoms with E-state index in [9.17, 15) is 4.39 Å². The van der Waals surface area contributed by atoms with E-state index in [2.05, 4.69) is 0 Å². The van der Waals surface area contributed by atoms with E-state index < -0.39 is 6.17 Å². The van der Waals surface area contributed by atoms with Crippen molar-refractivity contribution in [2.45, 2.75) is 12.6 Å². The molecule has 0 bridgehead atoms. The van der Waals surface area contributed by atoms with E-state index in [4.69, 9.17) is 15.2 Å². The Kier molecular flexibility index (Phi) is 4.37. The van der Waals surface area contributed by atoms with Crippen molar-refractivity contribution < 1.29 is 13.9 Å². The van der Waals surface area contributed by atoms with Gasteiger partial charge in [0.1, 0.15) is 6.17 Å². The molecule has 3 nitrogen and oxygen atoms in total. The highest BCUT2D eigenvalue weighted by atomic mass is 19.1. The molecule has 1 aromatic rings. The van der Waals surface area contributed by atoms with Crippen LogP contribution in [0.15, 0.2) is 18.2 Å². The third-order valence-corrected chi connectivity index (χ3v) is 2.19. The van der Waals surface area contributed by atoms with Crippen LogP contribution in [0.3, 0.4) is 0 Å². The molecule has 0 fully saturated rings. The number of rotatable bonds is 5. The van der Waals surface area contributed by atoms with Gasteiger partial charge in [-0.2, -0.15) is 0 Å². The monoisotopic (exact) mass is 213 g/mol. The van der Waals surface area contributed by atoms with E-state index in [0.29, 0.717) is 23.6 Å². The molecule has 1 atom stereocenters. The molecule has 15 heavy (non-hydrogen) atoms. The summed E-state index contributed by atoms with van der Waals surface area (Å²) in [4.78, 5) is 0. The Balaban J connectivity index is 3.05. The molecule has 1 unspecified atom stereocenters. The first-order chi connectivity index (χ1) is 7.24. The van der Waals surface area contributed by atoms with Crippen molar-refractivity contribution in [2.24, 2.45) is 5.73 Å². The van der Waals surface area contributed by atoms with Gasteiger partial charge in [0.15, 0.2) is 11.5 Å². The summed E-state index contributed by atoms with van der Waals surface area (Å²) in [7, 11) is 3.02. The van der Waals surface area contributed by atoms with E-state index in [0.717, 1.165) is 0 Å². The zero-order valence-electron chi connectivity index (χ0n) is 9.00. The third kappa shape index (κ3) is 2.59. The number of halogens is 1. The smallest absolute Gasteiger partial charge is 0.166 e. The average molecular weight is 213 g/mol. The molecule has 0 aliphatic rings. The van der Waals surface area contributed by atoms with Crippen molar-refractivity contribution in [3.63, 3.8) is 0 Å². The molecule has 0 spiro atoms. The van der Waals surface area contributed by atoms with Gasteiger partial charge < -0.3 is 15.2 Å². The molecule has 0 aromatic heterocycles. The van der Waals surface area contributed by atoms with Gasteiger partial charge in [-0.25, -0.2) is 4.39 Å². The van der Waals surface area contributed by atoms with Crippen molar-refractivity contribution >= 4 is 0 Å². The van der Waals surface area contributed by atoms with Gasteiger partial charge in [-0.15, -0.1) is 0 Å². The minimum Gasteiger partial charge on any atom is -0.493 e. The summed E-state index contributed by atoms with van der Waals surface area (Å²) in [5.41, 5.74) is 5.81. The quantitative estimate of drug-likeness (QED) is 0.814. The predicted molar refractivity (Wildman–Crippen MR) is 57.1 cm³/mol. The molecule has 0 saturated heterocycles. The van der Waals surface area contributed by atoms with Crippen molar-refractivity contribution in [1.29, 1.82) is 0 Å². The summed E-state index contributed by atoms with van der Waals surface area (Å²) in [6.07, 6.45) is -0.830.